The van der Waals surface area contributed by atoms with Gasteiger partial charge < -0.3 is 5.73 Å². The number of rotatable bonds is 4. The van der Waals surface area contributed by atoms with Crippen LogP contribution in [0.3, 0.4) is 0 Å². The number of nitrogens with zero attached hydrogens (tertiary/aromatic N) is 2. The molecule has 1 heterocycles. The summed E-state index contributed by atoms with van der Waals surface area (Å²) in [7, 11) is -4.94. The van der Waals surface area contributed by atoms with E-state index >= 15 is 4.39 Å². The van der Waals surface area contributed by atoms with E-state index in [2.05, 4.69) is 9.97 Å². The van der Waals surface area contributed by atoms with E-state index in [4.69, 9.17) is 17.3 Å². The Balaban J connectivity index is 1.80. The Labute approximate surface area is 194 Å². The summed E-state index contributed by atoms with van der Waals surface area (Å²) >= 11 is 5.58. The van der Waals surface area contributed by atoms with Gasteiger partial charge in [-0.05, 0) is 48.0 Å². The molecule has 1 aromatic heterocycles. The third-order valence-corrected chi connectivity index (χ3v) is 6.42. The summed E-state index contributed by atoms with van der Waals surface area (Å²) in [6, 6.07) is 7.69. The standard InChI is InChI=1S/C21H12ClF5N4O2S/c22-12-2-6-17(13(8-12)21(25,26)27)34(32,33)31-16-5-3-14(23)18(19(16)24)10-1-4-15-11(7-10)9-29-20(28)30-15/h1-9,31H,(H2,28,29,30). The predicted octanol–water partition coefficient (Wildman–Crippen LogP) is 5.63. The number of hydrogen-bond acceptors (Lipinski definition) is 5. The van der Waals surface area contributed by atoms with E-state index in [0.717, 1.165) is 18.2 Å². The first kappa shape index (κ1) is 23.6. The molecule has 3 aromatic carbocycles. The molecule has 34 heavy (non-hydrogen) atoms. The van der Waals surface area contributed by atoms with Gasteiger partial charge in [-0.25, -0.2) is 27.2 Å². The highest BCUT2D eigenvalue weighted by Gasteiger charge is 2.38. The number of halogens is 6. The summed E-state index contributed by atoms with van der Waals surface area (Å²) in [4.78, 5) is 6.61. The molecule has 0 spiro atoms. The quantitative estimate of drug-likeness (QED) is 0.344. The average Bonchev–Trinajstić information content (AvgIpc) is 2.75. The summed E-state index contributed by atoms with van der Waals surface area (Å²) in [5.74, 6) is -2.37. The van der Waals surface area contributed by atoms with Gasteiger partial charge in [-0.15, -0.1) is 0 Å². The molecule has 4 aromatic rings. The summed E-state index contributed by atoms with van der Waals surface area (Å²) in [5, 5.41) is 0.0519. The number of alkyl halides is 3. The highest BCUT2D eigenvalue weighted by atomic mass is 35.5. The number of fused-ring (bicyclic) bond motifs is 1. The van der Waals surface area contributed by atoms with Crippen LogP contribution in [0.15, 0.2) is 59.6 Å². The third kappa shape index (κ3) is 4.46. The SMILES string of the molecule is Nc1ncc2cc(-c3c(F)ccc(NS(=O)(=O)c4ccc(Cl)cc4C(F)(F)F)c3F)ccc2n1. The van der Waals surface area contributed by atoms with Crippen molar-refractivity contribution in [2.75, 3.05) is 10.5 Å². The van der Waals surface area contributed by atoms with Gasteiger partial charge >= 0.3 is 6.18 Å². The number of nitrogens with two attached hydrogens (primary N) is 1. The number of anilines is 2. The second kappa shape index (κ2) is 8.37. The molecule has 3 N–H and O–H groups in total. The zero-order valence-corrected chi connectivity index (χ0v) is 18.2. The molecule has 0 aliphatic carbocycles. The molecule has 4 rings (SSSR count). The number of aromatic nitrogens is 2. The molecule has 0 saturated carbocycles. The second-order valence-electron chi connectivity index (χ2n) is 7.03. The zero-order valence-electron chi connectivity index (χ0n) is 16.7. The monoisotopic (exact) mass is 514 g/mol. The van der Waals surface area contributed by atoms with Crippen LogP contribution in [-0.2, 0) is 16.2 Å². The van der Waals surface area contributed by atoms with Crippen LogP contribution >= 0.6 is 11.6 Å². The topological polar surface area (TPSA) is 98.0 Å². The molecule has 0 aliphatic heterocycles. The van der Waals surface area contributed by atoms with Gasteiger partial charge in [0.2, 0.25) is 5.95 Å². The van der Waals surface area contributed by atoms with E-state index in [1.165, 1.54) is 24.4 Å². The molecule has 0 radical (unpaired) electrons. The fourth-order valence-electron chi connectivity index (χ4n) is 3.26. The van der Waals surface area contributed by atoms with Crippen LogP contribution in [0.25, 0.3) is 22.0 Å². The van der Waals surface area contributed by atoms with Crippen LogP contribution in [-0.4, -0.2) is 18.4 Å². The lowest BCUT2D eigenvalue weighted by atomic mass is 10.0. The zero-order chi connectivity index (χ0) is 24.8. The summed E-state index contributed by atoms with van der Waals surface area (Å²) in [6.45, 7) is 0. The van der Waals surface area contributed by atoms with E-state index in [-0.39, 0.29) is 16.5 Å². The first-order valence-electron chi connectivity index (χ1n) is 9.27. The highest BCUT2D eigenvalue weighted by Crippen LogP contribution is 2.38. The maximum Gasteiger partial charge on any atom is 0.417 e. The van der Waals surface area contributed by atoms with Crippen LogP contribution < -0.4 is 10.5 Å². The molecular weight excluding hydrogens is 503 g/mol. The maximum atomic E-state index is 15.3. The lowest BCUT2D eigenvalue weighted by Gasteiger charge is -2.16. The van der Waals surface area contributed by atoms with Crippen molar-refractivity contribution in [1.82, 2.24) is 9.97 Å². The first-order valence-corrected chi connectivity index (χ1v) is 11.1. The number of sulfonamides is 1. The molecule has 13 heteroatoms. The minimum absolute atomic E-state index is 0.00515. The molecule has 0 aliphatic rings. The molecule has 0 bridgehead atoms. The van der Waals surface area contributed by atoms with Crippen molar-refractivity contribution in [3.8, 4) is 11.1 Å². The number of nitrogens with one attached hydrogen (secondary N) is 1. The minimum atomic E-state index is -5.06. The van der Waals surface area contributed by atoms with Crippen molar-refractivity contribution in [1.29, 1.82) is 0 Å². The van der Waals surface area contributed by atoms with Gasteiger partial charge in [0.1, 0.15) is 5.82 Å². The Hall–Kier alpha value is -3.51. The van der Waals surface area contributed by atoms with Gasteiger partial charge in [0.05, 0.1) is 27.2 Å². The lowest BCUT2D eigenvalue weighted by molar-refractivity contribution is -0.139. The summed E-state index contributed by atoms with van der Waals surface area (Å²) in [6.07, 6.45) is -3.72. The van der Waals surface area contributed by atoms with Gasteiger partial charge in [-0.3, -0.25) is 4.72 Å². The van der Waals surface area contributed by atoms with E-state index in [1.54, 1.807) is 4.72 Å². The third-order valence-electron chi connectivity index (χ3n) is 4.76. The smallest absolute Gasteiger partial charge is 0.368 e. The van der Waals surface area contributed by atoms with Crippen molar-refractivity contribution >= 4 is 44.2 Å². The van der Waals surface area contributed by atoms with E-state index in [1.807, 2.05) is 0 Å². The van der Waals surface area contributed by atoms with Gasteiger partial charge in [-0.2, -0.15) is 13.2 Å². The fourth-order valence-corrected chi connectivity index (χ4v) is 4.70. The van der Waals surface area contributed by atoms with E-state index in [9.17, 15) is 26.0 Å². The molecule has 176 valence electrons. The highest BCUT2D eigenvalue weighted by molar-refractivity contribution is 7.92. The van der Waals surface area contributed by atoms with Gasteiger partial charge in [0, 0.05) is 16.6 Å². The van der Waals surface area contributed by atoms with Gasteiger partial charge in [0.25, 0.3) is 10.0 Å². The molecule has 6 nitrogen and oxygen atoms in total. The maximum absolute atomic E-state index is 15.3. The molecule has 0 saturated heterocycles. The Kier molecular flexibility index (Phi) is 5.82. The summed E-state index contributed by atoms with van der Waals surface area (Å²) < 4.78 is 97.2. The number of benzene rings is 3. The molecule has 0 amide bonds. The molecule has 0 fully saturated rings. The Morgan fingerprint density at radius 1 is 1.00 bits per heavy atom. The van der Waals surface area contributed by atoms with Crippen molar-refractivity contribution in [2.24, 2.45) is 0 Å². The van der Waals surface area contributed by atoms with E-state index < -0.39 is 49.5 Å². The lowest BCUT2D eigenvalue weighted by Crippen LogP contribution is -2.19. The van der Waals surface area contributed by atoms with E-state index in [0.29, 0.717) is 23.0 Å². The summed E-state index contributed by atoms with van der Waals surface area (Å²) in [5.41, 5.74) is 3.02. The van der Waals surface area contributed by atoms with Crippen molar-refractivity contribution in [3.63, 3.8) is 0 Å². The average molecular weight is 515 g/mol. The second-order valence-corrected chi connectivity index (χ2v) is 9.12. The van der Waals surface area contributed by atoms with Crippen molar-refractivity contribution in [3.05, 3.63) is 76.9 Å². The normalized spacial score (nSPS) is 12.2. The molecule has 0 unspecified atom stereocenters. The van der Waals surface area contributed by atoms with Crippen LogP contribution in [0.5, 0.6) is 0 Å². The van der Waals surface area contributed by atoms with Crippen LogP contribution in [0.2, 0.25) is 5.02 Å². The Morgan fingerprint density at radius 2 is 1.74 bits per heavy atom. The van der Waals surface area contributed by atoms with Crippen molar-refractivity contribution in [2.45, 2.75) is 11.1 Å². The van der Waals surface area contributed by atoms with Crippen LogP contribution in [0.1, 0.15) is 5.56 Å². The van der Waals surface area contributed by atoms with Gasteiger partial charge in [-0.1, -0.05) is 17.7 Å². The van der Waals surface area contributed by atoms with Crippen LogP contribution in [0, 0.1) is 11.6 Å². The predicted molar refractivity (Wildman–Crippen MR) is 117 cm³/mol. The Bertz CT molecular complexity index is 1540. The first-order chi connectivity index (χ1) is 15.9. The van der Waals surface area contributed by atoms with Gasteiger partial charge in [0.15, 0.2) is 5.82 Å². The minimum Gasteiger partial charge on any atom is -0.368 e. The number of hydrogen-bond donors (Lipinski definition) is 2. The largest absolute Gasteiger partial charge is 0.417 e. The van der Waals surface area contributed by atoms with Crippen LogP contribution in [0.4, 0.5) is 33.6 Å². The molecular formula is C21H12ClF5N4O2S. The fraction of sp³-hybridized carbons (Fsp3) is 0.0476. The van der Waals surface area contributed by atoms with Crippen molar-refractivity contribution < 1.29 is 30.4 Å². The molecule has 0 atom stereocenters. The Morgan fingerprint density at radius 3 is 2.44 bits per heavy atom. The number of nitrogen functional groups attached to an aromatic ring is 1.